The molecule has 0 atom stereocenters. The lowest BCUT2D eigenvalue weighted by molar-refractivity contribution is -0.384. The molecular weight excluding hydrogens is 1600 g/mol. The number of benzene rings is 7. The zero-order valence-electron chi connectivity index (χ0n) is 70.8. The largest absolute Gasteiger partial charge is 0.497 e. The van der Waals surface area contributed by atoms with E-state index in [1.807, 2.05) is 118 Å². The van der Waals surface area contributed by atoms with Gasteiger partial charge in [0.2, 0.25) is 29.3 Å². The lowest BCUT2D eigenvalue weighted by atomic mass is 10.1. The summed E-state index contributed by atoms with van der Waals surface area (Å²) in [7, 11) is 4.68. The van der Waals surface area contributed by atoms with Crippen molar-refractivity contribution in [3.05, 3.63) is 253 Å². The Kier molecular flexibility index (Phi) is 27.7. The van der Waals surface area contributed by atoms with Crippen molar-refractivity contribution in [3.63, 3.8) is 0 Å². The van der Waals surface area contributed by atoms with E-state index in [-0.39, 0.29) is 34.4 Å². The van der Waals surface area contributed by atoms with Crippen LogP contribution < -0.4 is 25.4 Å². The van der Waals surface area contributed by atoms with Crippen molar-refractivity contribution in [3.8, 4) is 58.2 Å². The molecule has 34 heteroatoms. The Labute approximate surface area is 716 Å². The van der Waals surface area contributed by atoms with Gasteiger partial charge in [0.25, 0.3) is 23.0 Å². The van der Waals surface area contributed by atoms with Gasteiger partial charge in [-0.05, 0) is 146 Å². The number of carbonyl (C=O) groups is 3. The molecule has 1 aliphatic carbocycles. The summed E-state index contributed by atoms with van der Waals surface area (Å²) in [6.45, 7) is 21.9. The molecule has 16 aromatic rings. The molecule has 638 valence electrons. The van der Waals surface area contributed by atoms with Crippen LogP contribution in [-0.4, -0.2) is 113 Å². The van der Waals surface area contributed by atoms with Crippen LogP contribution in [0.15, 0.2) is 192 Å². The Morgan fingerprint density at radius 1 is 0.504 bits per heavy atom. The summed E-state index contributed by atoms with van der Waals surface area (Å²) in [4.78, 5) is 76.2. The van der Waals surface area contributed by atoms with E-state index >= 15 is 0 Å². The zero-order chi connectivity index (χ0) is 89.4. The van der Waals surface area contributed by atoms with Crippen LogP contribution in [0, 0.1) is 64.3 Å². The average molecular weight is 1690 g/mol. The molecule has 2 amide bonds. The Bertz CT molecular complexity index is 6850. The molecule has 125 heavy (non-hydrogen) atoms. The first-order valence-corrected chi connectivity index (χ1v) is 40.4. The van der Waals surface area contributed by atoms with Crippen molar-refractivity contribution in [2.45, 2.75) is 127 Å². The summed E-state index contributed by atoms with van der Waals surface area (Å²) in [5.74, 6) is 5.17. The van der Waals surface area contributed by atoms with Crippen molar-refractivity contribution < 1.29 is 52.4 Å². The minimum absolute atomic E-state index is 0.00540. The van der Waals surface area contributed by atoms with E-state index < -0.39 is 20.7 Å². The van der Waals surface area contributed by atoms with E-state index in [0.29, 0.717) is 116 Å². The van der Waals surface area contributed by atoms with E-state index in [1.165, 1.54) is 62.6 Å². The van der Waals surface area contributed by atoms with E-state index in [0.717, 1.165) is 111 Å². The number of aromatic nitrogens is 11. The third kappa shape index (κ3) is 18.6. The summed E-state index contributed by atoms with van der Waals surface area (Å²) >= 11 is 0. The van der Waals surface area contributed by atoms with Crippen molar-refractivity contribution >= 4 is 118 Å². The van der Waals surface area contributed by atoms with E-state index in [1.54, 1.807) is 59.8 Å². The Hall–Kier alpha value is -16.2. The van der Waals surface area contributed by atoms with Gasteiger partial charge in [0.05, 0.1) is 74.8 Å². The Morgan fingerprint density at radius 3 is 1.42 bits per heavy atom. The van der Waals surface area contributed by atoms with Crippen LogP contribution in [0.5, 0.6) is 11.5 Å². The van der Waals surface area contributed by atoms with Gasteiger partial charge in [-0.3, -0.25) is 39.9 Å². The highest BCUT2D eigenvalue weighted by Crippen LogP contribution is 2.42. The molecule has 9 aromatic heterocycles. The molecule has 0 unspecified atom stereocenters. The summed E-state index contributed by atoms with van der Waals surface area (Å²) in [6.07, 6.45) is 13.2. The summed E-state index contributed by atoms with van der Waals surface area (Å²) in [5, 5.41) is 82.6. The van der Waals surface area contributed by atoms with E-state index in [2.05, 4.69) is 112 Å². The molecule has 9 heterocycles. The summed E-state index contributed by atoms with van der Waals surface area (Å²) < 4.78 is 39.8. The van der Waals surface area contributed by atoms with Crippen LogP contribution in [0.2, 0.25) is 0 Å². The number of nitro benzene ring substituents is 3. The maximum absolute atomic E-state index is 12.5. The highest BCUT2D eigenvalue weighted by Gasteiger charge is 2.31. The number of nitro groups is 3. The number of methoxy groups -OCH3 is 3. The third-order valence-corrected chi connectivity index (χ3v) is 21.0. The molecule has 0 bridgehead atoms. The minimum Gasteiger partial charge on any atom is -0.497 e. The predicted octanol–water partition coefficient (Wildman–Crippen LogP) is 19.1. The lowest BCUT2D eigenvalue weighted by Crippen LogP contribution is -2.15. The number of nitrogens with one attached hydrogen (secondary N) is 3. The highest BCUT2D eigenvalue weighted by atomic mass is 16.6. The normalized spacial score (nSPS) is 11.3. The first-order valence-electron chi connectivity index (χ1n) is 40.4. The molecule has 0 radical (unpaired) electrons. The summed E-state index contributed by atoms with van der Waals surface area (Å²) in [6, 6.07) is 50.4. The average Bonchev–Trinajstić information content (AvgIpc) is 1.62. The second-order valence-corrected chi connectivity index (χ2v) is 28.3. The predicted molar refractivity (Wildman–Crippen MR) is 474 cm³/mol. The molecule has 1 fully saturated rings. The van der Waals surface area contributed by atoms with Crippen LogP contribution in [-0.2, 0) is 55.2 Å². The quantitative estimate of drug-likeness (QED) is 0.0322. The monoisotopic (exact) mass is 1690 g/mol. The fourth-order valence-electron chi connectivity index (χ4n) is 14.7. The molecule has 17 rings (SSSR count). The zero-order valence-corrected chi connectivity index (χ0v) is 70.8. The topological polar surface area (TPSA) is 428 Å². The van der Waals surface area contributed by atoms with Gasteiger partial charge in [-0.25, -0.2) is 4.79 Å². The Balaban J connectivity index is 0.000000137. The minimum atomic E-state index is -0.490. The molecule has 1 aliphatic rings. The maximum atomic E-state index is 12.5. The van der Waals surface area contributed by atoms with E-state index in [9.17, 15) is 55.3 Å². The number of non-ortho nitro benzene ring substituents is 3. The third-order valence-electron chi connectivity index (χ3n) is 21.0. The number of fused-ring (bicyclic) bond motifs is 6. The Morgan fingerprint density at radius 2 is 0.968 bits per heavy atom. The fourth-order valence-corrected chi connectivity index (χ4v) is 14.7. The smallest absolute Gasteiger partial charge is 0.342 e. The number of esters is 1. The van der Waals surface area contributed by atoms with Gasteiger partial charge in [-0.1, -0.05) is 35.4 Å². The van der Waals surface area contributed by atoms with Gasteiger partial charge in [-0.15, -0.1) is 0 Å². The first-order chi connectivity index (χ1) is 60.5. The van der Waals surface area contributed by atoms with Crippen LogP contribution in [0.25, 0.3) is 93.9 Å². The summed E-state index contributed by atoms with van der Waals surface area (Å²) in [5.41, 5.74) is 10.3. The van der Waals surface area contributed by atoms with Crippen LogP contribution in [0.3, 0.4) is 0 Å². The van der Waals surface area contributed by atoms with Crippen molar-refractivity contribution in [2.24, 2.45) is 0 Å². The number of nitrogens with zero attached hydrogens (tertiary/aromatic N) is 17. The number of hydrogen-bond acceptors (Lipinski definition) is 22. The number of rotatable bonds is 22. The molecular formula is C91H90N20O14. The highest BCUT2D eigenvalue weighted by molar-refractivity contribution is 6.11. The first kappa shape index (κ1) is 88.1. The van der Waals surface area contributed by atoms with Crippen molar-refractivity contribution in [1.82, 2.24) is 52.3 Å². The number of ether oxygens (including phenoxy) is 3. The van der Waals surface area contributed by atoms with Gasteiger partial charge in [0, 0.05) is 199 Å². The number of aryl methyl sites for hydroxylation is 7. The van der Waals surface area contributed by atoms with Gasteiger partial charge < -0.3 is 71.2 Å². The molecule has 0 spiro atoms. The molecule has 0 aliphatic heterocycles. The standard InChI is InChI=1S/C18H14N4O3.C16H17N3O2.C15H17N3O2.C15H13N3.C14H17N3O4.C13H12N4O3/c1-2-21-16-10-13(22(24)25)8-9-14(16)15(11-19)17(21)20-18(23)12-6-4-3-5-7-12;1-3-19-9-13(12-7-6-11(20-2)8-14(12)19)15-17-16(21-18-15)10-4-5-10;1-4-14-16-15(17-20-14)12-9-18(5-2)13-8-10(19-3)6-7-11(12)13;1-2-17-11-12(10-16)14-6-5-13(9-15(14)17)18-7-3-4-8-18;1-4-15-13-12(14(18)21-3)10-7-6-9(17(19)20)8-11(10)16(13)5-2;1-3-16-12-6-9(17(19)20)4-5-10(12)11(7-14)13(16)15-8(2)18/h3-10H,2H2,1H3,(H,20,23);6-10H,3-5H2,1-2H3;6-9H,4-5H2,1-3H3;3-9,11H,2H2,1H3;6-8,15H,4-5H2,1-3H3;4-6H,3H2,1-2H3,(H,15,18). The van der Waals surface area contributed by atoms with Gasteiger partial charge >= 0.3 is 5.97 Å². The second-order valence-electron chi connectivity index (χ2n) is 28.3. The maximum Gasteiger partial charge on any atom is 0.342 e. The van der Waals surface area contributed by atoms with Crippen LogP contribution >= 0.6 is 0 Å². The van der Waals surface area contributed by atoms with Crippen LogP contribution in [0.1, 0.15) is 130 Å². The fraction of sp³-hybridized carbons (Fsp3) is 0.253. The molecule has 3 N–H and O–H groups in total. The van der Waals surface area contributed by atoms with E-state index in [4.69, 9.17) is 28.5 Å². The SMILES string of the molecule is CCNc1c(C(=O)OC)c2ccc([N+](=O)[O-])cc2n1CC.CCc1nc(-c2cn(CC)c3cc(OC)ccc23)no1.CCn1c(NC(=O)c2ccccc2)c(C#N)c2ccc([N+](=O)[O-])cc21.CCn1c(NC(C)=O)c(C#N)c2ccc([N+](=O)[O-])cc21.CCn1cc(-c2noc(C3CC3)n2)c2ccc(OC)cc21.CCn1cc(C#N)c2ccc(-n3cccc3)cc21. The van der Waals surface area contributed by atoms with Crippen molar-refractivity contribution in [2.75, 3.05) is 43.8 Å². The lowest BCUT2D eigenvalue weighted by Gasteiger charge is -2.10. The van der Waals surface area contributed by atoms with Gasteiger partial charge in [-0.2, -0.15) is 25.8 Å². The van der Waals surface area contributed by atoms with Crippen LogP contribution in [0.4, 0.5) is 34.5 Å². The number of carbonyl (C=O) groups excluding carboxylic acids is 3. The number of nitriles is 3. The second kappa shape index (κ2) is 39.3. The van der Waals surface area contributed by atoms with Gasteiger partial charge in [0.15, 0.2) is 0 Å². The molecule has 34 nitrogen and oxygen atoms in total. The number of hydrogen-bond donors (Lipinski definition) is 3. The molecule has 1 saturated carbocycles. The number of anilines is 3. The number of amides is 2. The molecule has 7 aromatic carbocycles. The van der Waals surface area contributed by atoms with Gasteiger partial charge in [0.1, 0.15) is 63.9 Å². The molecule has 0 saturated heterocycles. The van der Waals surface area contributed by atoms with Crippen molar-refractivity contribution in [1.29, 1.82) is 15.8 Å².